The van der Waals surface area contributed by atoms with Crippen molar-refractivity contribution in [1.29, 1.82) is 0 Å². The van der Waals surface area contributed by atoms with Crippen molar-refractivity contribution in [2.45, 2.75) is 13.5 Å². The fraction of sp³-hybridized carbons (Fsp3) is 0.143. The van der Waals surface area contributed by atoms with Crippen LogP contribution in [0.4, 0.5) is 0 Å². The Labute approximate surface area is 95.9 Å². The van der Waals surface area contributed by atoms with Crippen LogP contribution in [0.25, 0.3) is 6.08 Å². The van der Waals surface area contributed by atoms with Gasteiger partial charge in [0.05, 0.1) is 6.61 Å². The summed E-state index contributed by atoms with van der Waals surface area (Å²) in [5.74, 6) is 0.127. The van der Waals surface area contributed by atoms with Gasteiger partial charge in [-0.1, -0.05) is 48.6 Å². The number of aliphatic hydroxyl groups is 1. The highest BCUT2D eigenvalue weighted by atomic mass is 16.3. The van der Waals surface area contributed by atoms with Crippen LogP contribution in [-0.2, 0) is 6.61 Å². The van der Waals surface area contributed by atoms with Crippen molar-refractivity contribution < 1.29 is 10.2 Å². The molecule has 0 heterocycles. The van der Waals surface area contributed by atoms with E-state index in [9.17, 15) is 5.11 Å². The second kappa shape index (κ2) is 6.64. The van der Waals surface area contributed by atoms with Gasteiger partial charge < -0.3 is 10.2 Å². The van der Waals surface area contributed by atoms with Gasteiger partial charge in [0.2, 0.25) is 0 Å². The molecule has 1 rings (SSSR count). The zero-order chi connectivity index (χ0) is 11.8. The molecule has 2 heteroatoms. The fourth-order valence-electron chi connectivity index (χ4n) is 1.32. The molecule has 84 valence electrons. The van der Waals surface area contributed by atoms with E-state index < -0.39 is 0 Å². The summed E-state index contributed by atoms with van der Waals surface area (Å²) in [7, 11) is 0. The molecule has 0 amide bonds. The quantitative estimate of drug-likeness (QED) is 0.759. The minimum absolute atomic E-state index is 0.127. The van der Waals surface area contributed by atoms with E-state index in [1.165, 1.54) is 0 Å². The Kier molecular flexibility index (Phi) is 5.09. The predicted octanol–water partition coefficient (Wildman–Crippen LogP) is 3.03. The summed E-state index contributed by atoms with van der Waals surface area (Å²) in [6.07, 6.45) is 11.4. The number of aliphatic hydroxyl groups excluding tert-OH is 1. The predicted molar refractivity (Wildman–Crippen MR) is 67.0 cm³/mol. The molecule has 16 heavy (non-hydrogen) atoms. The van der Waals surface area contributed by atoms with Gasteiger partial charge in [0.25, 0.3) is 0 Å². The van der Waals surface area contributed by atoms with E-state index in [4.69, 9.17) is 5.11 Å². The van der Waals surface area contributed by atoms with Crippen molar-refractivity contribution in [2.75, 3.05) is 0 Å². The average molecular weight is 216 g/mol. The van der Waals surface area contributed by atoms with E-state index in [0.717, 1.165) is 5.56 Å². The summed E-state index contributed by atoms with van der Waals surface area (Å²) in [6, 6.07) is 5.17. The first kappa shape index (κ1) is 12.3. The molecular weight excluding hydrogens is 200 g/mol. The average Bonchev–Trinajstić information content (AvgIpc) is 2.29. The van der Waals surface area contributed by atoms with Crippen LogP contribution in [0, 0.1) is 0 Å². The topological polar surface area (TPSA) is 40.5 Å². The molecule has 0 bridgehead atoms. The van der Waals surface area contributed by atoms with Crippen molar-refractivity contribution in [3.63, 3.8) is 0 Å². The Balaban J connectivity index is 2.84. The minimum atomic E-state index is -0.162. The molecule has 0 aromatic heterocycles. The number of hydrogen-bond donors (Lipinski definition) is 2. The Morgan fingerprint density at radius 1 is 1.12 bits per heavy atom. The Bertz CT molecular complexity index is 415. The summed E-state index contributed by atoms with van der Waals surface area (Å²) in [5.41, 5.74) is 1.38. The molecule has 0 saturated heterocycles. The molecule has 0 fully saturated rings. The van der Waals surface area contributed by atoms with E-state index in [1.54, 1.807) is 12.1 Å². The van der Waals surface area contributed by atoms with Gasteiger partial charge in [-0.25, -0.2) is 0 Å². The van der Waals surface area contributed by atoms with Crippen LogP contribution < -0.4 is 0 Å². The summed E-state index contributed by atoms with van der Waals surface area (Å²) in [5, 5.41) is 18.6. The van der Waals surface area contributed by atoms with Crippen LogP contribution in [0.3, 0.4) is 0 Å². The maximum Gasteiger partial charge on any atom is 0.121 e. The highest BCUT2D eigenvalue weighted by Gasteiger charge is 2.02. The van der Waals surface area contributed by atoms with Gasteiger partial charge >= 0.3 is 0 Å². The van der Waals surface area contributed by atoms with Crippen molar-refractivity contribution >= 4 is 6.08 Å². The van der Waals surface area contributed by atoms with Gasteiger partial charge in [0.1, 0.15) is 5.75 Å². The lowest BCUT2D eigenvalue weighted by molar-refractivity contribution is 0.275. The second-order valence-electron chi connectivity index (χ2n) is 3.27. The monoisotopic (exact) mass is 216 g/mol. The zero-order valence-corrected chi connectivity index (χ0v) is 9.30. The maximum absolute atomic E-state index is 9.51. The van der Waals surface area contributed by atoms with Gasteiger partial charge in [-0.05, 0) is 18.6 Å². The smallest absolute Gasteiger partial charge is 0.121 e. The normalized spacial score (nSPS) is 12.1. The highest BCUT2D eigenvalue weighted by Crippen LogP contribution is 2.21. The van der Waals surface area contributed by atoms with E-state index >= 15 is 0 Å². The first-order chi connectivity index (χ1) is 7.79. The Hall–Kier alpha value is -1.80. The third-order valence-electron chi connectivity index (χ3n) is 2.15. The number of hydrogen-bond acceptors (Lipinski definition) is 2. The molecule has 0 radical (unpaired) electrons. The molecule has 2 nitrogen and oxygen atoms in total. The van der Waals surface area contributed by atoms with Crippen LogP contribution in [0.15, 0.2) is 48.6 Å². The first-order valence-corrected chi connectivity index (χ1v) is 5.17. The van der Waals surface area contributed by atoms with Crippen molar-refractivity contribution in [2.24, 2.45) is 0 Å². The highest BCUT2D eigenvalue weighted by molar-refractivity contribution is 5.58. The minimum Gasteiger partial charge on any atom is -0.508 e. The van der Waals surface area contributed by atoms with E-state index in [2.05, 4.69) is 0 Å². The first-order valence-electron chi connectivity index (χ1n) is 5.17. The largest absolute Gasteiger partial charge is 0.508 e. The van der Waals surface area contributed by atoms with Gasteiger partial charge in [0, 0.05) is 5.56 Å². The third kappa shape index (κ3) is 3.41. The van der Waals surface area contributed by atoms with Gasteiger partial charge in [0.15, 0.2) is 0 Å². The molecule has 0 aliphatic carbocycles. The Morgan fingerprint density at radius 2 is 1.88 bits per heavy atom. The van der Waals surface area contributed by atoms with Crippen LogP contribution in [0.2, 0.25) is 0 Å². The van der Waals surface area contributed by atoms with Crippen LogP contribution in [-0.4, -0.2) is 10.2 Å². The van der Waals surface area contributed by atoms with E-state index in [1.807, 2.05) is 49.4 Å². The summed E-state index contributed by atoms with van der Waals surface area (Å²) in [6.45, 7) is 1.79. The molecule has 0 unspecified atom stereocenters. The molecule has 1 aromatic rings. The lowest BCUT2D eigenvalue weighted by Crippen LogP contribution is -1.88. The summed E-state index contributed by atoms with van der Waals surface area (Å²) < 4.78 is 0. The number of rotatable bonds is 4. The lowest BCUT2D eigenvalue weighted by Gasteiger charge is -2.04. The molecule has 0 atom stereocenters. The van der Waals surface area contributed by atoms with Crippen molar-refractivity contribution in [3.05, 3.63) is 59.7 Å². The SMILES string of the molecule is C/C=C/C=C/C=C/c1cccc(O)c1CO. The van der Waals surface area contributed by atoms with Gasteiger partial charge in [-0.3, -0.25) is 0 Å². The van der Waals surface area contributed by atoms with E-state index in [-0.39, 0.29) is 12.4 Å². The molecule has 0 saturated carbocycles. The van der Waals surface area contributed by atoms with Crippen LogP contribution >= 0.6 is 0 Å². The number of benzene rings is 1. The molecule has 0 spiro atoms. The van der Waals surface area contributed by atoms with Crippen LogP contribution in [0.5, 0.6) is 5.75 Å². The molecule has 2 N–H and O–H groups in total. The summed E-state index contributed by atoms with van der Waals surface area (Å²) >= 11 is 0. The molecule has 1 aromatic carbocycles. The van der Waals surface area contributed by atoms with E-state index in [0.29, 0.717) is 5.56 Å². The second-order valence-corrected chi connectivity index (χ2v) is 3.27. The van der Waals surface area contributed by atoms with Gasteiger partial charge in [-0.15, -0.1) is 0 Å². The lowest BCUT2D eigenvalue weighted by atomic mass is 10.1. The number of phenols is 1. The molecular formula is C14H16O2. The fourth-order valence-corrected chi connectivity index (χ4v) is 1.32. The van der Waals surface area contributed by atoms with Crippen LogP contribution in [0.1, 0.15) is 18.1 Å². The Morgan fingerprint density at radius 3 is 2.56 bits per heavy atom. The van der Waals surface area contributed by atoms with Gasteiger partial charge in [-0.2, -0.15) is 0 Å². The third-order valence-corrected chi connectivity index (χ3v) is 2.15. The molecule has 0 aliphatic heterocycles. The van der Waals surface area contributed by atoms with Crippen molar-refractivity contribution in [1.82, 2.24) is 0 Å². The standard InChI is InChI=1S/C14H16O2/c1-2-3-4-5-6-8-12-9-7-10-14(16)13(12)11-15/h2-10,15-16H,11H2,1H3/b3-2+,5-4+,8-6+. The molecule has 0 aliphatic rings. The number of allylic oxidation sites excluding steroid dienone is 5. The maximum atomic E-state index is 9.51. The zero-order valence-electron chi connectivity index (χ0n) is 9.30. The number of aromatic hydroxyl groups is 1. The van der Waals surface area contributed by atoms with Crippen molar-refractivity contribution in [3.8, 4) is 5.75 Å². The summed E-state index contributed by atoms with van der Waals surface area (Å²) in [4.78, 5) is 0.